The first-order valence-electron chi connectivity index (χ1n) is 6.20. The Morgan fingerprint density at radius 2 is 2.13 bits per heavy atom. The molecule has 1 aliphatic heterocycles. The molecule has 0 bridgehead atoms. The van der Waals surface area contributed by atoms with Crippen LogP contribution >= 0.6 is 0 Å². The van der Waals surface area contributed by atoms with Gasteiger partial charge < -0.3 is 5.32 Å². The topological polar surface area (TPSA) is 12.0 Å². The van der Waals surface area contributed by atoms with Crippen LogP contribution in [0.5, 0.6) is 0 Å². The van der Waals surface area contributed by atoms with Gasteiger partial charge in [-0.15, -0.1) is 0 Å². The minimum atomic E-state index is 0.856. The lowest BCUT2D eigenvalue weighted by molar-refractivity contribution is 0.287. The van der Waals surface area contributed by atoms with E-state index in [9.17, 15) is 0 Å². The quantitative estimate of drug-likeness (QED) is 0.732. The predicted molar refractivity (Wildman–Crippen MR) is 64.4 cm³/mol. The number of hydrogen-bond donors (Lipinski definition) is 1. The molecule has 0 saturated heterocycles. The van der Waals surface area contributed by atoms with E-state index in [1.54, 1.807) is 11.1 Å². The number of hydrogen-bond acceptors (Lipinski definition) is 1. The van der Waals surface area contributed by atoms with E-state index in [1.807, 2.05) is 0 Å². The summed E-state index contributed by atoms with van der Waals surface area (Å²) in [6.07, 6.45) is 5.38. The number of benzene rings is 1. The molecule has 0 atom stereocenters. The van der Waals surface area contributed by atoms with Crippen molar-refractivity contribution >= 4 is 5.69 Å². The van der Waals surface area contributed by atoms with Crippen molar-refractivity contribution < 1.29 is 0 Å². The molecule has 0 amide bonds. The number of anilines is 1. The Labute approximate surface area is 91.9 Å². The molecule has 1 N–H and O–H groups in total. The first-order chi connectivity index (χ1) is 7.34. The average molecular weight is 201 g/mol. The maximum Gasteiger partial charge on any atom is 0.0375 e. The molecule has 80 valence electrons. The summed E-state index contributed by atoms with van der Waals surface area (Å²) in [5, 5.41) is 3.52. The highest BCUT2D eigenvalue weighted by atomic mass is 14.9. The molecule has 0 aromatic heterocycles. The Kier molecular flexibility index (Phi) is 2.19. The third kappa shape index (κ3) is 1.54. The van der Waals surface area contributed by atoms with E-state index in [2.05, 4.69) is 30.4 Å². The fourth-order valence-electron chi connectivity index (χ4n) is 3.08. The molecule has 1 aromatic carbocycles. The smallest absolute Gasteiger partial charge is 0.0375 e. The van der Waals surface area contributed by atoms with E-state index in [0.29, 0.717) is 0 Å². The van der Waals surface area contributed by atoms with Gasteiger partial charge in [-0.3, -0.25) is 0 Å². The highest BCUT2D eigenvalue weighted by Crippen LogP contribution is 2.44. The van der Waals surface area contributed by atoms with Crippen molar-refractivity contribution in [3.05, 3.63) is 29.3 Å². The van der Waals surface area contributed by atoms with Crippen molar-refractivity contribution in [1.29, 1.82) is 0 Å². The van der Waals surface area contributed by atoms with Gasteiger partial charge in [-0.25, -0.2) is 0 Å². The zero-order valence-electron chi connectivity index (χ0n) is 9.42. The van der Waals surface area contributed by atoms with Gasteiger partial charge in [0.1, 0.15) is 0 Å². The maximum absolute atomic E-state index is 3.52. The largest absolute Gasteiger partial charge is 0.385 e. The van der Waals surface area contributed by atoms with Crippen LogP contribution in [0.3, 0.4) is 0 Å². The molecule has 0 unspecified atom stereocenters. The number of rotatable bonds is 1. The van der Waals surface area contributed by atoms with E-state index < -0.39 is 0 Å². The molecule has 15 heavy (non-hydrogen) atoms. The normalized spacial score (nSPS) is 28.9. The second-order valence-electron chi connectivity index (χ2n) is 5.18. The van der Waals surface area contributed by atoms with Crippen molar-refractivity contribution in [2.45, 2.75) is 38.5 Å². The van der Waals surface area contributed by atoms with E-state index in [0.717, 1.165) is 18.4 Å². The van der Waals surface area contributed by atoms with Gasteiger partial charge >= 0.3 is 0 Å². The van der Waals surface area contributed by atoms with Gasteiger partial charge in [0.2, 0.25) is 0 Å². The van der Waals surface area contributed by atoms with Crippen LogP contribution in [0.4, 0.5) is 5.69 Å². The predicted octanol–water partition coefficient (Wildman–Crippen LogP) is 3.56. The fourth-order valence-corrected chi connectivity index (χ4v) is 3.08. The molecule has 2 aliphatic rings. The lowest BCUT2D eigenvalue weighted by Gasteiger charge is -2.35. The third-order valence-electron chi connectivity index (χ3n) is 3.94. The Bertz CT molecular complexity index is 364. The van der Waals surface area contributed by atoms with Crippen LogP contribution < -0.4 is 5.32 Å². The van der Waals surface area contributed by atoms with Crippen LogP contribution in [-0.2, 0) is 6.42 Å². The molecule has 1 fully saturated rings. The maximum atomic E-state index is 3.52. The Morgan fingerprint density at radius 3 is 2.93 bits per heavy atom. The van der Waals surface area contributed by atoms with E-state index in [4.69, 9.17) is 0 Å². The van der Waals surface area contributed by atoms with Crippen LogP contribution in [0, 0.1) is 5.92 Å². The molecule has 1 aliphatic carbocycles. The summed E-state index contributed by atoms with van der Waals surface area (Å²) in [5.74, 6) is 1.80. The van der Waals surface area contributed by atoms with Gasteiger partial charge in [0.25, 0.3) is 0 Å². The van der Waals surface area contributed by atoms with E-state index in [-0.39, 0.29) is 0 Å². The van der Waals surface area contributed by atoms with Crippen LogP contribution in [0.15, 0.2) is 18.2 Å². The molecule has 1 saturated carbocycles. The Balaban J connectivity index is 1.93. The van der Waals surface area contributed by atoms with Gasteiger partial charge in [0, 0.05) is 12.2 Å². The summed E-state index contributed by atoms with van der Waals surface area (Å²) in [7, 11) is 0. The molecular weight excluding hydrogens is 182 g/mol. The summed E-state index contributed by atoms with van der Waals surface area (Å²) in [6, 6.07) is 6.80. The zero-order valence-corrected chi connectivity index (χ0v) is 9.42. The molecule has 0 radical (unpaired) electrons. The lowest BCUT2D eigenvalue weighted by atomic mass is 9.70. The molecular formula is C14H19N. The van der Waals surface area contributed by atoms with Crippen LogP contribution in [0.25, 0.3) is 0 Å². The van der Waals surface area contributed by atoms with Crippen LogP contribution in [0.1, 0.15) is 43.2 Å². The van der Waals surface area contributed by atoms with Gasteiger partial charge in [-0.1, -0.05) is 19.1 Å². The monoisotopic (exact) mass is 201 g/mol. The SMILES string of the molecule is CC1CC(c2cccc3c2CCCN3)C1. The minimum absolute atomic E-state index is 0.856. The highest BCUT2D eigenvalue weighted by Gasteiger charge is 2.29. The summed E-state index contributed by atoms with van der Waals surface area (Å²) >= 11 is 0. The zero-order chi connectivity index (χ0) is 10.3. The molecule has 1 nitrogen and oxygen atoms in total. The standard InChI is InChI=1S/C14H19N/c1-10-8-11(9-10)12-4-2-6-14-13(12)5-3-7-15-14/h2,4,6,10-11,15H,3,5,7-9H2,1H3. The van der Waals surface area contributed by atoms with Gasteiger partial charge in [-0.2, -0.15) is 0 Å². The molecule has 1 aromatic rings. The van der Waals surface area contributed by atoms with Gasteiger partial charge in [-0.05, 0) is 54.7 Å². The second kappa shape index (κ2) is 3.55. The summed E-state index contributed by atoms with van der Waals surface area (Å²) in [5.41, 5.74) is 4.65. The van der Waals surface area contributed by atoms with Gasteiger partial charge in [0.05, 0.1) is 0 Å². The first kappa shape index (κ1) is 9.26. The Hall–Kier alpha value is -0.980. The van der Waals surface area contributed by atoms with E-state index in [1.165, 1.54) is 31.4 Å². The summed E-state index contributed by atoms with van der Waals surface area (Å²) < 4.78 is 0. The average Bonchev–Trinajstić information content (AvgIpc) is 2.24. The lowest BCUT2D eigenvalue weighted by Crippen LogP contribution is -2.22. The minimum Gasteiger partial charge on any atom is -0.385 e. The summed E-state index contributed by atoms with van der Waals surface area (Å²) in [4.78, 5) is 0. The fraction of sp³-hybridized carbons (Fsp3) is 0.571. The molecule has 1 heteroatoms. The molecule has 0 spiro atoms. The van der Waals surface area contributed by atoms with Crippen molar-refractivity contribution in [1.82, 2.24) is 0 Å². The van der Waals surface area contributed by atoms with Gasteiger partial charge in [0.15, 0.2) is 0 Å². The second-order valence-corrected chi connectivity index (χ2v) is 5.18. The third-order valence-corrected chi connectivity index (χ3v) is 3.94. The van der Waals surface area contributed by atoms with Crippen molar-refractivity contribution in [2.75, 3.05) is 11.9 Å². The Morgan fingerprint density at radius 1 is 1.27 bits per heavy atom. The van der Waals surface area contributed by atoms with Crippen molar-refractivity contribution in [3.63, 3.8) is 0 Å². The van der Waals surface area contributed by atoms with Crippen molar-refractivity contribution in [2.24, 2.45) is 5.92 Å². The first-order valence-corrected chi connectivity index (χ1v) is 6.20. The van der Waals surface area contributed by atoms with Crippen molar-refractivity contribution in [3.8, 4) is 0 Å². The van der Waals surface area contributed by atoms with E-state index >= 15 is 0 Å². The number of fused-ring (bicyclic) bond motifs is 1. The molecule has 3 rings (SSSR count). The number of nitrogens with one attached hydrogen (secondary N) is 1. The highest BCUT2D eigenvalue weighted by molar-refractivity contribution is 5.57. The van der Waals surface area contributed by atoms with Crippen LogP contribution in [-0.4, -0.2) is 6.54 Å². The molecule has 1 heterocycles. The summed E-state index contributed by atoms with van der Waals surface area (Å²) in [6.45, 7) is 3.52. The van der Waals surface area contributed by atoms with Crippen LogP contribution in [0.2, 0.25) is 0 Å².